The van der Waals surface area contributed by atoms with Crippen molar-refractivity contribution in [2.45, 2.75) is 47.0 Å². The zero-order valence-electron chi connectivity index (χ0n) is 11.8. The average molecular weight is 240 g/mol. The van der Waals surface area contributed by atoms with Gasteiger partial charge in [-0.15, -0.1) is 0 Å². The Morgan fingerprint density at radius 2 is 1.47 bits per heavy atom. The fraction of sp³-hybridized carbons (Fsp3) is 0.786. The monoisotopic (exact) mass is 240 g/mol. The van der Waals surface area contributed by atoms with Crippen LogP contribution in [-0.2, 0) is 4.79 Å². The smallest absolute Gasteiger partial charge is 0.222 e. The molecule has 3 nitrogen and oxygen atoms in total. The number of hydrogen-bond donors (Lipinski definition) is 2. The van der Waals surface area contributed by atoms with Crippen molar-refractivity contribution < 1.29 is 4.79 Å². The summed E-state index contributed by atoms with van der Waals surface area (Å²) in [7, 11) is 0. The Balaban J connectivity index is 3.30. The van der Waals surface area contributed by atoms with E-state index >= 15 is 0 Å². The van der Waals surface area contributed by atoms with Crippen LogP contribution in [0.1, 0.15) is 47.0 Å². The third-order valence-corrected chi connectivity index (χ3v) is 2.73. The molecule has 17 heavy (non-hydrogen) atoms. The summed E-state index contributed by atoms with van der Waals surface area (Å²) in [4.78, 5) is 11.3. The van der Waals surface area contributed by atoms with Crippen molar-refractivity contribution >= 4 is 5.91 Å². The first-order chi connectivity index (χ1) is 7.95. The molecule has 0 aromatic heterocycles. The van der Waals surface area contributed by atoms with Gasteiger partial charge >= 0.3 is 0 Å². The van der Waals surface area contributed by atoms with Gasteiger partial charge < -0.3 is 10.6 Å². The van der Waals surface area contributed by atoms with Gasteiger partial charge in [0.05, 0.1) is 0 Å². The quantitative estimate of drug-likeness (QED) is 0.608. The van der Waals surface area contributed by atoms with E-state index in [-0.39, 0.29) is 11.8 Å². The van der Waals surface area contributed by atoms with Gasteiger partial charge in [0.1, 0.15) is 0 Å². The van der Waals surface area contributed by atoms with E-state index in [9.17, 15) is 4.79 Å². The zero-order chi connectivity index (χ0) is 13.3. The Morgan fingerprint density at radius 1 is 0.941 bits per heavy atom. The van der Waals surface area contributed by atoms with Gasteiger partial charge in [0.15, 0.2) is 0 Å². The van der Waals surface area contributed by atoms with Gasteiger partial charge in [0.25, 0.3) is 0 Å². The normalized spacial score (nSPS) is 10.7. The lowest BCUT2D eigenvalue weighted by Gasteiger charge is -2.12. The molecule has 0 atom stereocenters. The van der Waals surface area contributed by atoms with Crippen LogP contribution in [0, 0.1) is 11.8 Å². The molecule has 0 heterocycles. The molecule has 0 saturated heterocycles. The Bertz CT molecular complexity index is 210. The van der Waals surface area contributed by atoms with Crippen LogP contribution in [0.2, 0.25) is 0 Å². The Labute approximate surface area is 106 Å². The van der Waals surface area contributed by atoms with Crippen LogP contribution in [0.5, 0.6) is 0 Å². The molecule has 0 aliphatic carbocycles. The predicted molar refractivity (Wildman–Crippen MR) is 73.7 cm³/mol. The Morgan fingerprint density at radius 3 is 1.94 bits per heavy atom. The zero-order valence-corrected chi connectivity index (χ0v) is 11.8. The maximum absolute atomic E-state index is 11.3. The van der Waals surface area contributed by atoms with E-state index in [4.69, 9.17) is 0 Å². The van der Waals surface area contributed by atoms with Crippen LogP contribution in [0.15, 0.2) is 12.3 Å². The number of amides is 1. The third kappa shape index (κ3) is 8.78. The second kappa shape index (κ2) is 9.08. The van der Waals surface area contributed by atoms with Crippen LogP contribution >= 0.6 is 0 Å². The molecule has 0 saturated carbocycles. The lowest BCUT2D eigenvalue weighted by molar-refractivity contribution is -0.123. The molecule has 0 rings (SSSR count). The van der Waals surface area contributed by atoms with E-state index in [0.717, 1.165) is 38.0 Å². The van der Waals surface area contributed by atoms with Crippen molar-refractivity contribution in [1.29, 1.82) is 0 Å². The molecule has 1 amide bonds. The lowest BCUT2D eigenvalue weighted by Crippen LogP contribution is -2.28. The summed E-state index contributed by atoms with van der Waals surface area (Å²) in [5, 5.41) is 6.24. The van der Waals surface area contributed by atoms with Gasteiger partial charge in [0, 0.05) is 24.7 Å². The van der Waals surface area contributed by atoms with Crippen LogP contribution < -0.4 is 10.6 Å². The first kappa shape index (κ1) is 16.0. The van der Waals surface area contributed by atoms with Crippen LogP contribution in [0.25, 0.3) is 0 Å². The second-order valence-electron chi connectivity index (χ2n) is 5.11. The highest BCUT2D eigenvalue weighted by molar-refractivity contribution is 5.77. The van der Waals surface area contributed by atoms with Crippen molar-refractivity contribution in [2.75, 3.05) is 13.1 Å². The van der Waals surface area contributed by atoms with Gasteiger partial charge in [-0.1, -0.05) is 34.3 Å². The van der Waals surface area contributed by atoms with Crippen LogP contribution in [0.4, 0.5) is 0 Å². The highest BCUT2D eigenvalue weighted by Crippen LogP contribution is 2.02. The minimum Gasteiger partial charge on any atom is -0.389 e. The van der Waals surface area contributed by atoms with Crippen LogP contribution in [-0.4, -0.2) is 19.0 Å². The molecule has 0 aliphatic heterocycles. The number of unbranched alkanes of at least 4 members (excludes halogenated alkanes) is 2. The second-order valence-corrected chi connectivity index (χ2v) is 5.11. The number of nitrogens with one attached hydrogen (secondary N) is 2. The molecule has 0 radical (unpaired) electrons. The van der Waals surface area contributed by atoms with Crippen molar-refractivity contribution in [1.82, 2.24) is 10.6 Å². The fourth-order valence-electron chi connectivity index (χ4n) is 1.30. The first-order valence-corrected chi connectivity index (χ1v) is 6.65. The summed E-state index contributed by atoms with van der Waals surface area (Å²) in [5.74, 6) is 0.739. The van der Waals surface area contributed by atoms with Gasteiger partial charge in [-0.25, -0.2) is 0 Å². The highest BCUT2D eigenvalue weighted by atomic mass is 16.1. The SMILES string of the molecule is C=C(NCCCCCNC(=O)C(C)C)C(C)C. The van der Waals surface area contributed by atoms with Gasteiger partial charge in [-0.2, -0.15) is 0 Å². The number of rotatable bonds is 9. The molecular weight excluding hydrogens is 212 g/mol. The van der Waals surface area contributed by atoms with Gasteiger partial charge in [-0.3, -0.25) is 4.79 Å². The van der Waals surface area contributed by atoms with E-state index in [1.807, 2.05) is 13.8 Å². The molecule has 2 N–H and O–H groups in total. The number of carbonyl (C=O) groups excluding carboxylic acids is 1. The fourth-order valence-corrected chi connectivity index (χ4v) is 1.30. The number of allylic oxidation sites excluding steroid dienone is 1. The molecular formula is C14H28N2O. The Kier molecular flexibility index (Phi) is 8.55. The molecule has 0 spiro atoms. The maximum Gasteiger partial charge on any atom is 0.222 e. The summed E-state index contributed by atoms with van der Waals surface area (Å²) < 4.78 is 0. The molecule has 0 aromatic rings. The number of hydrogen-bond acceptors (Lipinski definition) is 2. The summed E-state index contributed by atoms with van der Waals surface area (Å²) in [6.45, 7) is 13.8. The molecule has 0 aromatic carbocycles. The number of carbonyl (C=O) groups is 1. The molecule has 0 aliphatic rings. The van der Waals surface area contributed by atoms with E-state index in [2.05, 4.69) is 31.1 Å². The summed E-state index contributed by atoms with van der Waals surface area (Å²) >= 11 is 0. The standard InChI is InChI=1S/C14H28N2O/c1-11(2)13(5)15-9-7-6-8-10-16-14(17)12(3)4/h11-12,15H,5-10H2,1-4H3,(H,16,17). The van der Waals surface area contributed by atoms with Crippen molar-refractivity contribution in [3.63, 3.8) is 0 Å². The summed E-state index contributed by atoms with van der Waals surface area (Å²) in [5.41, 5.74) is 1.11. The van der Waals surface area contributed by atoms with E-state index < -0.39 is 0 Å². The Hall–Kier alpha value is -0.990. The lowest BCUT2D eigenvalue weighted by atomic mass is 10.1. The van der Waals surface area contributed by atoms with E-state index in [0.29, 0.717) is 5.92 Å². The molecule has 0 fully saturated rings. The minimum atomic E-state index is 0.0889. The molecule has 0 bridgehead atoms. The van der Waals surface area contributed by atoms with Crippen LogP contribution in [0.3, 0.4) is 0 Å². The minimum absolute atomic E-state index is 0.0889. The topological polar surface area (TPSA) is 41.1 Å². The molecule has 0 unspecified atom stereocenters. The first-order valence-electron chi connectivity index (χ1n) is 6.65. The van der Waals surface area contributed by atoms with Gasteiger partial charge in [-0.05, 0) is 25.2 Å². The third-order valence-electron chi connectivity index (χ3n) is 2.73. The van der Waals surface area contributed by atoms with E-state index in [1.165, 1.54) is 0 Å². The van der Waals surface area contributed by atoms with Crippen molar-refractivity contribution in [3.05, 3.63) is 12.3 Å². The summed E-state index contributed by atoms with van der Waals surface area (Å²) in [6.07, 6.45) is 3.31. The van der Waals surface area contributed by atoms with Crippen molar-refractivity contribution in [3.8, 4) is 0 Å². The van der Waals surface area contributed by atoms with Gasteiger partial charge in [0.2, 0.25) is 5.91 Å². The largest absolute Gasteiger partial charge is 0.389 e. The molecule has 100 valence electrons. The maximum atomic E-state index is 11.3. The highest BCUT2D eigenvalue weighted by Gasteiger charge is 2.04. The molecule has 3 heteroatoms. The van der Waals surface area contributed by atoms with Crippen molar-refractivity contribution in [2.24, 2.45) is 11.8 Å². The van der Waals surface area contributed by atoms with E-state index in [1.54, 1.807) is 0 Å². The average Bonchev–Trinajstić information content (AvgIpc) is 2.26. The summed E-state index contributed by atoms with van der Waals surface area (Å²) in [6, 6.07) is 0. The predicted octanol–water partition coefficient (Wildman–Crippen LogP) is 2.69.